The van der Waals surface area contributed by atoms with Crippen molar-refractivity contribution in [3.63, 3.8) is 0 Å². The minimum absolute atomic E-state index is 0.274. The van der Waals surface area contributed by atoms with Crippen molar-refractivity contribution in [2.45, 2.75) is 19.8 Å². The summed E-state index contributed by atoms with van der Waals surface area (Å²) in [5.74, 6) is -3.84. The van der Waals surface area contributed by atoms with Gasteiger partial charge in [-0.3, -0.25) is 9.59 Å². The summed E-state index contributed by atoms with van der Waals surface area (Å²) in [5, 5.41) is 5.00. The lowest BCUT2D eigenvalue weighted by molar-refractivity contribution is -0.130. The fourth-order valence-corrected chi connectivity index (χ4v) is 3.14. The van der Waals surface area contributed by atoms with Gasteiger partial charge in [0.25, 0.3) is 0 Å². The molecular formula is C21H22F2N2O3. The standard InChI is InChI=1S/C21H22F2N2O3/c1-12(2)11-28-14-6-3-5-13(9-14)15-10-24-20(26)18(15)21(27)25-17-8-4-7-16(22)19(17)23/h3-9,12,15,18H,10-11H2,1-2H3,(H,24,26)(H,25,27)/t15-,18-/m1/s1. The van der Waals surface area contributed by atoms with E-state index in [4.69, 9.17) is 4.74 Å². The lowest BCUT2D eigenvalue weighted by atomic mass is 9.87. The first-order chi connectivity index (χ1) is 13.4. The molecule has 2 atom stereocenters. The molecule has 7 heteroatoms. The van der Waals surface area contributed by atoms with Crippen molar-refractivity contribution in [3.05, 3.63) is 59.7 Å². The molecule has 0 saturated carbocycles. The molecule has 0 aliphatic carbocycles. The van der Waals surface area contributed by atoms with Crippen LogP contribution >= 0.6 is 0 Å². The lowest BCUT2D eigenvalue weighted by Gasteiger charge is -2.18. The van der Waals surface area contributed by atoms with Crippen molar-refractivity contribution in [1.29, 1.82) is 0 Å². The fourth-order valence-electron chi connectivity index (χ4n) is 3.14. The van der Waals surface area contributed by atoms with E-state index in [-0.39, 0.29) is 12.2 Å². The fraction of sp³-hybridized carbons (Fsp3) is 0.333. The van der Waals surface area contributed by atoms with E-state index >= 15 is 0 Å². The summed E-state index contributed by atoms with van der Waals surface area (Å²) in [5.41, 5.74) is 0.469. The maximum absolute atomic E-state index is 13.9. The number of carbonyl (C=O) groups is 2. The van der Waals surface area contributed by atoms with Crippen molar-refractivity contribution in [2.75, 3.05) is 18.5 Å². The van der Waals surface area contributed by atoms with Crippen LogP contribution in [-0.4, -0.2) is 25.0 Å². The maximum Gasteiger partial charge on any atom is 0.237 e. The highest BCUT2D eigenvalue weighted by molar-refractivity contribution is 6.08. The smallest absolute Gasteiger partial charge is 0.237 e. The van der Waals surface area contributed by atoms with Gasteiger partial charge < -0.3 is 15.4 Å². The SMILES string of the molecule is CC(C)COc1cccc([C@H]2CNC(=O)[C@@H]2C(=O)Nc2cccc(F)c2F)c1. The Hall–Kier alpha value is -2.96. The van der Waals surface area contributed by atoms with Crippen molar-refractivity contribution < 1.29 is 23.1 Å². The van der Waals surface area contributed by atoms with Crippen molar-refractivity contribution in [1.82, 2.24) is 5.32 Å². The van der Waals surface area contributed by atoms with Gasteiger partial charge in [0.1, 0.15) is 11.7 Å². The van der Waals surface area contributed by atoms with Gasteiger partial charge in [-0.25, -0.2) is 8.78 Å². The number of anilines is 1. The normalized spacial score (nSPS) is 18.8. The third kappa shape index (κ3) is 4.30. The summed E-state index contributed by atoms with van der Waals surface area (Å²) < 4.78 is 33.0. The van der Waals surface area contributed by atoms with Crippen LogP contribution in [0.1, 0.15) is 25.3 Å². The molecule has 28 heavy (non-hydrogen) atoms. The Kier molecular flexibility index (Phi) is 5.92. The molecule has 1 aliphatic rings. The minimum atomic E-state index is -1.16. The van der Waals surface area contributed by atoms with E-state index in [1.165, 1.54) is 12.1 Å². The quantitative estimate of drug-likeness (QED) is 0.745. The Morgan fingerprint density at radius 2 is 2.00 bits per heavy atom. The summed E-state index contributed by atoms with van der Waals surface area (Å²) in [4.78, 5) is 25.0. The molecular weight excluding hydrogens is 366 g/mol. The molecule has 0 bridgehead atoms. The molecule has 0 unspecified atom stereocenters. The van der Waals surface area contributed by atoms with E-state index in [9.17, 15) is 18.4 Å². The number of nitrogens with one attached hydrogen (secondary N) is 2. The maximum atomic E-state index is 13.9. The van der Waals surface area contributed by atoms with Gasteiger partial charge in [-0.2, -0.15) is 0 Å². The van der Waals surface area contributed by atoms with E-state index < -0.39 is 35.3 Å². The van der Waals surface area contributed by atoms with Gasteiger partial charge in [-0.15, -0.1) is 0 Å². The number of amides is 2. The molecule has 0 aromatic heterocycles. The summed E-state index contributed by atoms with van der Waals surface area (Å²) in [6, 6.07) is 10.7. The largest absolute Gasteiger partial charge is 0.493 e. The van der Waals surface area contributed by atoms with Gasteiger partial charge >= 0.3 is 0 Å². The highest BCUT2D eigenvalue weighted by Gasteiger charge is 2.41. The average Bonchev–Trinajstić information content (AvgIpc) is 3.05. The molecule has 2 aromatic rings. The molecule has 2 aromatic carbocycles. The van der Waals surface area contributed by atoms with Crippen LogP contribution in [0.15, 0.2) is 42.5 Å². The third-order valence-corrected chi connectivity index (χ3v) is 4.54. The third-order valence-electron chi connectivity index (χ3n) is 4.54. The zero-order valence-electron chi connectivity index (χ0n) is 15.7. The molecule has 0 spiro atoms. The topological polar surface area (TPSA) is 67.4 Å². The van der Waals surface area contributed by atoms with Crippen LogP contribution in [0.5, 0.6) is 5.75 Å². The van der Waals surface area contributed by atoms with E-state index in [0.29, 0.717) is 18.3 Å². The Balaban J connectivity index is 1.80. The Morgan fingerprint density at radius 1 is 1.25 bits per heavy atom. The van der Waals surface area contributed by atoms with Crippen LogP contribution < -0.4 is 15.4 Å². The molecule has 5 nitrogen and oxygen atoms in total. The lowest BCUT2D eigenvalue weighted by Crippen LogP contribution is -2.32. The van der Waals surface area contributed by atoms with E-state index in [0.717, 1.165) is 11.6 Å². The zero-order valence-corrected chi connectivity index (χ0v) is 15.7. The van der Waals surface area contributed by atoms with Crippen LogP contribution in [0.4, 0.5) is 14.5 Å². The van der Waals surface area contributed by atoms with Crippen LogP contribution in [0.3, 0.4) is 0 Å². The van der Waals surface area contributed by atoms with E-state index in [2.05, 4.69) is 10.6 Å². The van der Waals surface area contributed by atoms with Crippen molar-refractivity contribution in [3.8, 4) is 5.75 Å². The van der Waals surface area contributed by atoms with Gasteiger partial charge in [0.15, 0.2) is 11.6 Å². The van der Waals surface area contributed by atoms with Crippen LogP contribution in [0, 0.1) is 23.5 Å². The first kappa shape index (κ1) is 19.8. The number of benzene rings is 2. The van der Waals surface area contributed by atoms with Crippen LogP contribution in [0.2, 0.25) is 0 Å². The van der Waals surface area contributed by atoms with Crippen LogP contribution in [0.25, 0.3) is 0 Å². The number of ether oxygens (including phenoxy) is 1. The zero-order chi connectivity index (χ0) is 20.3. The first-order valence-electron chi connectivity index (χ1n) is 9.12. The molecule has 1 fully saturated rings. The van der Waals surface area contributed by atoms with Gasteiger partial charge in [0.05, 0.1) is 12.3 Å². The summed E-state index contributed by atoms with van der Waals surface area (Å²) >= 11 is 0. The van der Waals surface area contributed by atoms with Gasteiger partial charge in [-0.05, 0) is 35.7 Å². The second-order valence-corrected chi connectivity index (χ2v) is 7.20. The molecule has 2 amide bonds. The number of halogens is 2. The Labute approximate surface area is 162 Å². The molecule has 1 aliphatic heterocycles. The van der Waals surface area contributed by atoms with Crippen molar-refractivity contribution >= 4 is 17.5 Å². The van der Waals surface area contributed by atoms with Gasteiger partial charge in [-0.1, -0.05) is 32.0 Å². The highest BCUT2D eigenvalue weighted by atomic mass is 19.2. The predicted molar refractivity (Wildman–Crippen MR) is 101 cm³/mol. The number of carbonyl (C=O) groups excluding carboxylic acids is 2. The second-order valence-electron chi connectivity index (χ2n) is 7.20. The first-order valence-corrected chi connectivity index (χ1v) is 9.12. The van der Waals surface area contributed by atoms with Gasteiger partial charge in [0.2, 0.25) is 11.8 Å². The predicted octanol–water partition coefficient (Wildman–Crippen LogP) is 3.47. The van der Waals surface area contributed by atoms with Crippen LogP contribution in [-0.2, 0) is 9.59 Å². The van der Waals surface area contributed by atoms with E-state index in [1.54, 1.807) is 12.1 Å². The second kappa shape index (κ2) is 8.37. The number of rotatable bonds is 6. The molecule has 2 N–H and O–H groups in total. The Bertz CT molecular complexity index is 886. The van der Waals surface area contributed by atoms with Crippen molar-refractivity contribution in [2.24, 2.45) is 11.8 Å². The number of hydrogen-bond acceptors (Lipinski definition) is 3. The van der Waals surface area contributed by atoms with E-state index in [1.807, 2.05) is 26.0 Å². The highest BCUT2D eigenvalue weighted by Crippen LogP contribution is 2.32. The monoisotopic (exact) mass is 388 g/mol. The average molecular weight is 388 g/mol. The molecule has 0 radical (unpaired) electrons. The number of hydrogen-bond donors (Lipinski definition) is 2. The van der Waals surface area contributed by atoms with Gasteiger partial charge in [0, 0.05) is 12.5 Å². The summed E-state index contributed by atoms with van der Waals surface area (Å²) in [6.07, 6.45) is 0. The molecule has 1 saturated heterocycles. The minimum Gasteiger partial charge on any atom is -0.493 e. The Morgan fingerprint density at radius 3 is 2.75 bits per heavy atom. The molecule has 1 heterocycles. The molecule has 3 rings (SSSR count). The summed E-state index contributed by atoms with van der Waals surface area (Å²) in [7, 11) is 0. The molecule has 148 valence electrons. The summed E-state index contributed by atoms with van der Waals surface area (Å²) in [6.45, 7) is 4.90.